The van der Waals surface area contributed by atoms with Gasteiger partial charge in [0.15, 0.2) is 0 Å². The van der Waals surface area contributed by atoms with Gasteiger partial charge >= 0.3 is 0 Å². The fourth-order valence-corrected chi connectivity index (χ4v) is 4.57. The average Bonchev–Trinajstić information content (AvgIpc) is 3.19. The maximum absolute atomic E-state index is 13.3. The molecule has 3 aromatic rings. The second kappa shape index (κ2) is 12.3. The number of likely N-dealkylation sites (tertiary alicyclic amines) is 1. The fraction of sp³-hybridized carbons (Fsp3) is 0.290. The Hall–Kier alpha value is -4.06. The Labute approximate surface area is 218 Å². The van der Waals surface area contributed by atoms with Crippen LogP contribution in [0.4, 0.5) is 0 Å². The molecule has 0 spiro atoms. The number of carbonyl (C=O) groups is 2. The van der Waals surface area contributed by atoms with Crippen molar-refractivity contribution < 1.29 is 24.2 Å². The van der Waals surface area contributed by atoms with Gasteiger partial charge in [-0.15, -0.1) is 0 Å². The molecule has 1 N–H and O–H groups in total. The van der Waals surface area contributed by atoms with E-state index in [0.29, 0.717) is 36.6 Å². The molecule has 0 aromatic heterocycles. The second-order valence-electron chi connectivity index (χ2n) is 9.08. The van der Waals surface area contributed by atoms with Crippen molar-refractivity contribution >= 4 is 17.4 Å². The van der Waals surface area contributed by atoms with Crippen LogP contribution in [-0.4, -0.2) is 42.0 Å². The molecule has 3 aromatic carbocycles. The summed E-state index contributed by atoms with van der Waals surface area (Å²) in [5.41, 5.74) is 2.30. The van der Waals surface area contributed by atoms with Crippen LogP contribution in [0.3, 0.4) is 0 Å². The first-order chi connectivity index (χ1) is 18.0. The number of unbranched alkanes of at least 4 members (excludes halogenated alkanes) is 2. The summed E-state index contributed by atoms with van der Waals surface area (Å²) in [5, 5.41) is 11.3. The predicted octanol–water partition coefficient (Wildman–Crippen LogP) is 5.93. The molecule has 0 aliphatic carbocycles. The van der Waals surface area contributed by atoms with Crippen LogP contribution in [0.15, 0.2) is 84.4 Å². The summed E-state index contributed by atoms with van der Waals surface area (Å²) in [6.45, 7) is 3.07. The molecule has 1 fully saturated rings. The summed E-state index contributed by atoms with van der Waals surface area (Å²) in [7, 11) is 1.56. The summed E-state index contributed by atoms with van der Waals surface area (Å²) < 4.78 is 11.2. The number of rotatable bonds is 11. The van der Waals surface area contributed by atoms with Crippen LogP contribution in [0, 0.1) is 0 Å². The van der Waals surface area contributed by atoms with Crippen molar-refractivity contribution in [3.05, 3.63) is 101 Å². The maximum atomic E-state index is 13.3. The van der Waals surface area contributed by atoms with Crippen molar-refractivity contribution in [1.82, 2.24) is 4.90 Å². The van der Waals surface area contributed by atoms with E-state index < -0.39 is 17.7 Å². The minimum absolute atomic E-state index is 0.0753. The first kappa shape index (κ1) is 26.0. The number of amides is 1. The van der Waals surface area contributed by atoms with Gasteiger partial charge in [0.1, 0.15) is 17.3 Å². The van der Waals surface area contributed by atoms with Crippen LogP contribution in [0.5, 0.6) is 11.5 Å². The van der Waals surface area contributed by atoms with E-state index in [-0.39, 0.29) is 11.3 Å². The Bertz CT molecular complexity index is 1250. The number of aliphatic hydroxyl groups is 1. The van der Waals surface area contributed by atoms with Crippen molar-refractivity contribution in [3.8, 4) is 11.5 Å². The standard InChI is InChI=1S/C31H33NO5/c1-3-4-8-20-37-26-13-9-12-24(21-26)28-27(29(33)23-14-16-25(36-2)17-15-23)30(34)31(35)32(28)19-18-22-10-6-5-7-11-22/h5-7,9-17,21,28,33H,3-4,8,18-20H2,1-2H3/b29-27+. The van der Waals surface area contributed by atoms with Crippen molar-refractivity contribution in [2.45, 2.75) is 38.6 Å². The highest BCUT2D eigenvalue weighted by atomic mass is 16.5. The molecule has 1 heterocycles. The van der Waals surface area contributed by atoms with Crippen molar-refractivity contribution in [1.29, 1.82) is 0 Å². The topological polar surface area (TPSA) is 76.1 Å². The number of aliphatic hydroxyl groups excluding tert-OH is 1. The molecule has 1 saturated heterocycles. The van der Waals surface area contributed by atoms with Gasteiger partial charge in [0.05, 0.1) is 25.3 Å². The summed E-state index contributed by atoms with van der Waals surface area (Å²) in [5.74, 6) is -0.218. The lowest BCUT2D eigenvalue weighted by molar-refractivity contribution is -0.139. The molecule has 6 heteroatoms. The third-order valence-electron chi connectivity index (χ3n) is 6.58. The van der Waals surface area contributed by atoms with E-state index in [1.54, 1.807) is 36.3 Å². The van der Waals surface area contributed by atoms with E-state index >= 15 is 0 Å². The fourth-order valence-electron chi connectivity index (χ4n) is 4.57. The Balaban J connectivity index is 1.72. The summed E-state index contributed by atoms with van der Waals surface area (Å²) in [4.78, 5) is 28.1. The van der Waals surface area contributed by atoms with Crippen LogP contribution in [0.2, 0.25) is 0 Å². The number of ether oxygens (including phenoxy) is 2. The van der Waals surface area contributed by atoms with Gasteiger partial charge in [-0.05, 0) is 60.4 Å². The number of carbonyl (C=O) groups excluding carboxylic acids is 2. The van der Waals surface area contributed by atoms with Crippen molar-refractivity contribution in [2.24, 2.45) is 0 Å². The lowest BCUT2D eigenvalue weighted by Gasteiger charge is -2.26. The van der Waals surface area contributed by atoms with Crippen LogP contribution >= 0.6 is 0 Å². The Kier molecular flexibility index (Phi) is 8.62. The van der Waals surface area contributed by atoms with E-state index in [9.17, 15) is 14.7 Å². The number of benzene rings is 3. The predicted molar refractivity (Wildman–Crippen MR) is 144 cm³/mol. The highest BCUT2D eigenvalue weighted by molar-refractivity contribution is 6.46. The average molecular weight is 500 g/mol. The molecular formula is C31H33NO5. The summed E-state index contributed by atoms with van der Waals surface area (Å²) in [6, 6.07) is 23.3. The van der Waals surface area contributed by atoms with Crippen molar-refractivity contribution in [3.63, 3.8) is 0 Å². The van der Waals surface area contributed by atoms with Crippen LogP contribution in [-0.2, 0) is 16.0 Å². The Morgan fingerprint density at radius 3 is 2.38 bits per heavy atom. The SMILES string of the molecule is CCCCCOc1cccc(C2/C(=C(\O)c3ccc(OC)cc3)C(=O)C(=O)N2CCc2ccccc2)c1. The zero-order valence-electron chi connectivity index (χ0n) is 21.4. The molecule has 1 aliphatic heterocycles. The van der Waals surface area contributed by atoms with Gasteiger partial charge in [-0.25, -0.2) is 0 Å². The molecular weight excluding hydrogens is 466 g/mol. The highest BCUT2D eigenvalue weighted by Crippen LogP contribution is 2.40. The molecule has 1 amide bonds. The zero-order valence-corrected chi connectivity index (χ0v) is 21.4. The number of hydrogen-bond donors (Lipinski definition) is 1. The van der Waals surface area contributed by atoms with E-state index in [2.05, 4.69) is 6.92 Å². The van der Waals surface area contributed by atoms with Crippen LogP contribution in [0.1, 0.15) is 48.9 Å². The lowest BCUT2D eigenvalue weighted by atomic mass is 9.95. The third-order valence-corrected chi connectivity index (χ3v) is 6.58. The van der Waals surface area contributed by atoms with Gasteiger partial charge in [0, 0.05) is 12.1 Å². The van der Waals surface area contributed by atoms with Gasteiger partial charge in [-0.1, -0.05) is 62.2 Å². The Morgan fingerprint density at radius 1 is 0.919 bits per heavy atom. The molecule has 37 heavy (non-hydrogen) atoms. The molecule has 1 atom stereocenters. The van der Waals surface area contributed by atoms with Gasteiger partial charge in [0.2, 0.25) is 0 Å². The second-order valence-corrected chi connectivity index (χ2v) is 9.08. The molecule has 192 valence electrons. The molecule has 4 rings (SSSR count). The first-order valence-corrected chi connectivity index (χ1v) is 12.7. The smallest absolute Gasteiger partial charge is 0.295 e. The third kappa shape index (κ3) is 6.02. The lowest BCUT2D eigenvalue weighted by Crippen LogP contribution is -2.31. The minimum atomic E-state index is -0.731. The monoisotopic (exact) mass is 499 g/mol. The largest absolute Gasteiger partial charge is 0.507 e. The number of methoxy groups -OCH3 is 1. The first-order valence-electron chi connectivity index (χ1n) is 12.7. The number of Topliss-reactive ketones (excluding diaryl/α,β-unsaturated/α-hetero) is 1. The number of ketones is 1. The summed E-state index contributed by atoms with van der Waals surface area (Å²) in [6.07, 6.45) is 3.72. The van der Waals surface area contributed by atoms with Crippen LogP contribution < -0.4 is 9.47 Å². The van der Waals surface area contributed by atoms with Crippen LogP contribution in [0.25, 0.3) is 5.76 Å². The van der Waals surface area contributed by atoms with Crippen molar-refractivity contribution in [2.75, 3.05) is 20.3 Å². The number of hydrogen-bond acceptors (Lipinski definition) is 5. The highest BCUT2D eigenvalue weighted by Gasteiger charge is 2.46. The molecule has 1 unspecified atom stereocenters. The van der Waals surface area contributed by atoms with Gasteiger partial charge in [-0.3, -0.25) is 9.59 Å². The molecule has 0 saturated carbocycles. The van der Waals surface area contributed by atoms with Gasteiger partial charge < -0.3 is 19.5 Å². The quantitative estimate of drug-likeness (QED) is 0.153. The molecule has 0 radical (unpaired) electrons. The molecule has 6 nitrogen and oxygen atoms in total. The van der Waals surface area contributed by atoms with E-state index in [0.717, 1.165) is 30.4 Å². The maximum Gasteiger partial charge on any atom is 0.295 e. The summed E-state index contributed by atoms with van der Waals surface area (Å²) >= 11 is 0. The normalized spacial score (nSPS) is 16.7. The van der Waals surface area contributed by atoms with E-state index in [1.807, 2.05) is 54.6 Å². The van der Waals surface area contributed by atoms with E-state index in [4.69, 9.17) is 9.47 Å². The molecule has 0 bridgehead atoms. The zero-order chi connectivity index (χ0) is 26.2. The Morgan fingerprint density at radius 2 is 1.68 bits per heavy atom. The minimum Gasteiger partial charge on any atom is -0.507 e. The molecule has 1 aliphatic rings. The van der Waals surface area contributed by atoms with Gasteiger partial charge in [-0.2, -0.15) is 0 Å². The van der Waals surface area contributed by atoms with Gasteiger partial charge in [0.25, 0.3) is 11.7 Å². The van der Waals surface area contributed by atoms with E-state index in [1.165, 1.54) is 0 Å². The number of nitrogens with zero attached hydrogens (tertiary/aromatic N) is 1.